The van der Waals surface area contributed by atoms with Crippen molar-refractivity contribution in [3.63, 3.8) is 0 Å². The van der Waals surface area contributed by atoms with E-state index in [1.165, 1.54) is 0 Å². The third kappa shape index (κ3) is 2.89. The number of nitrogens with zero attached hydrogens (tertiary/aromatic N) is 3. The molecule has 124 valence electrons. The van der Waals surface area contributed by atoms with Gasteiger partial charge in [0.15, 0.2) is 5.82 Å². The quantitative estimate of drug-likeness (QED) is 0.623. The number of hydrogen-bond donors (Lipinski definition) is 1. The second-order valence-corrected chi connectivity index (χ2v) is 5.77. The average Bonchev–Trinajstić information content (AvgIpc) is 3.13. The summed E-state index contributed by atoms with van der Waals surface area (Å²) in [5, 5.41) is 6.70. The second kappa shape index (κ2) is 6.24. The van der Waals surface area contributed by atoms with Crippen LogP contribution in [0.2, 0.25) is 0 Å². The Morgan fingerprint density at radius 1 is 1.16 bits per heavy atom. The smallest absolute Gasteiger partial charge is 0.307 e. The number of imidazole rings is 1. The van der Waals surface area contributed by atoms with Gasteiger partial charge >= 0.3 is 5.56 Å². The Morgan fingerprint density at radius 3 is 2.84 bits per heavy atom. The van der Waals surface area contributed by atoms with E-state index in [1.807, 2.05) is 55.5 Å². The first-order chi connectivity index (χ1) is 12.2. The Labute approximate surface area is 143 Å². The number of rotatable bonds is 4. The molecule has 0 spiro atoms. The Kier molecular flexibility index (Phi) is 3.78. The van der Waals surface area contributed by atoms with Crippen LogP contribution in [0.4, 0.5) is 0 Å². The second-order valence-electron chi connectivity index (χ2n) is 5.77. The highest BCUT2D eigenvalue weighted by Gasteiger charge is 2.14. The van der Waals surface area contributed by atoms with E-state index in [2.05, 4.69) is 15.2 Å². The maximum Gasteiger partial charge on any atom is 0.307 e. The van der Waals surface area contributed by atoms with Gasteiger partial charge in [0, 0.05) is 12.4 Å². The van der Waals surface area contributed by atoms with Crippen molar-refractivity contribution in [1.29, 1.82) is 0 Å². The Bertz CT molecular complexity index is 1080. The highest BCUT2D eigenvalue weighted by molar-refractivity contribution is 5.66. The van der Waals surface area contributed by atoms with Crippen molar-refractivity contribution in [3.8, 4) is 17.1 Å². The molecule has 0 atom stereocenters. The highest BCUT2D eigenvalue weighted by atomic mass is 16.5. The summed E-state index contributed by atoms with van der Waals surface area (Å²) in [4.78, 5) is 15.9. The van der Waals surface area contributed by atoms with Crippen molar-refractivity contribution in [3.05, 3.63) is 82.4 Å². The molecule has 1 N–H and O–H groups in total. The largest absolute Gasteiger partial charge is 0.488 e. The third-order valence-corrected chi connectivity index (χ3v) is 3.95. The molecule has 2 aromatic heterocycles. The predicted octanol–water partition coefficient (Wildman–Crippen LogP) is 2.97. The minimum absolute atomic E-state index is 0.305. The number of fused-ring (bicyclic) bond motifs is 1. The van der Waals surface area contributed by atoms with Crippen LogP contribution in [0.1, 0.15) is 11.1 Å². The van der Waals surface area contributed by atoms with Crippen molar-refractivity contribution in [2.45, 2.75) is 13.5 Å². The fraction of sp³-hybridized carbons (Fsp3) is 0.105. The molecule has 4 aromatic rings. The number of aromatic nitrogens is 4. The molecule has 2 aromatic carbocycles. The van der Waals surface area contributed by atoms with Crippen LogP contribution >= 0.6 is 0 Å². The van der Waals surface area contributed by atoms with Crippen molar-refractivity contribution in [2.24, 2.45) is 0 Å². The van der Waals surface area contributed by atoms with E-state index in [4.69, 9.17) is 4.74 Å². The first-order valence-corrected chi connectivity index (χ1v) is 7.92. The fourth-order valence-corrected chi connectivity index (χ4v) is 2.71. The van der Waals surface area contributed by atoms with Crippen LogP contribution < -0.4 is 10.3 Å². The van der Waals surface area contributed by atoms with Gasteiger partial charge in [-0.2, -0.15) is 5.10 Å². The van der Waals surface area contributed by atoms with Gasteiger partial charge in [-0.3, -0.25) is 9.20 Å². The van der Waals surface area contributed by atoms with Crippen LogP contribution in [0.5, 0.6) is 5.75 Å². The van der Waals surface area contributed by atoms with E-state index in [0.29, 0.717) is 23.8 Å². The van der Waals surface area contributed by atoms with E-state index in [1.54, 1.807) is 16.8 Å². The Balaban J connectivity index is 1.78. The molecule has 6 heteroatoms. The van der Waals surface area contributed by atoms with Gasteiger partial charge in [0.05, 0.1) is 5.56 Å². The summed E-state index contributed by atoms with van der Waals surface area (Å²) in [6.45, 7) is 2.46. The van der Waals surface area contributed by atoms with Gasteiger partial charge in [0.25, 0.3) is 0 Å². The number of aromatic amines is 1. The molecular weight excluding hydrogens is 316 g/mol. The topological polar surface area (TPSA) is 72.3 Å². The average molecular weight is 332 g/mol. The molecule has 0 fully saturated rings. The van der Waals surface area contributed by atoms with Crippen LogP contribution in [-0.2, 0) is 6.61 Å². The van der Waals surface area contributed by atoms with Crippen molar-refractivity contribution in [1.82, 2.24) is 19.6 Å². The summed E-state index contributed by atoms with van der Waals surface area (Å²) in [5.41, 5.74) is 2.93. The lowest BCUT2D eigenvalue weighted by Crippen LogP contribution is -2.14. The lowest BCUT2D eigenvalue weighted by molar-refractivity contribution is 0.307. The zero-order valence-corrected chi connectivity index (χ0v) is 13.6. The molecule has 0 aliphatic rings. The molecule has 0 aliphatic carbocycles. The van der Waals surface area contributed by atoms with Gasteiger partial charge in [-0.15, -0.1) is 0 Å². The summed E-state index contributed by atoms with van der Waals surface area (Å²) in [6, 6.07) is 15.9. The third-order valence-electron chi connectivity index (χ3n) is 3.95. The first-order valence-electron chi connectivity index (χ1n) is 7.92. The summed E-state index contributed by atoms with van der Waals surface area (Å²) in [6.07, 6.45) is 3.29. The maximum atomic E-state index is 11.8. The minimum atomic E-state index is -0.326. The zero-order valence-electron chi connectivity index (χ0n) is 13.6. The van der Waals surface area contributed by atoms with Crippen LogP contribution in [-0.4, -0.2) is 19.6 Å². The van der Waals surface area contributed by atoms with Crippen molar-refractivity contribution < 1.29 is 4.74 Å². The molecule has 0 radical (unpaired) electrons. The van der Waals surface area contributed by atoms with Crippen LogP contribution in [0.25, 0.3) is 17.0 Å². The normalized spacial score (nSPS) is 10.9. The molecule has 0 unspecified atom stereocenters. The summed E-state index contributed by atoms with van der Waals surface area (Å²) in [5.74, 6) is 1.29. The van der Waals surface area contributed by atoms with Gasteiger partial charge in [-0.05, 0) is 30.2 Å². The SMILES string of the molecule is Cc1ccc(-c2n[nH]c(=O)c3nccn23)c(OCc2ccccc2)c1. The molecule has 0 saturated carbocycles. The van der Waals surface area contributed by atoms with Gasteiger partial charge in [0.2, 0.25) is 5.65 Å². The molecule has 0 aliphatic heterocycles. The van der Waals surface area contributed by atoms with E-state index in [0.717, 1.165) is 16.7 Å². The summed E-state index contributed by atoms with van der Waals surface area (Å²) < 4.78 is 7.71. The van der Waals surface area contributed by atoms with Gasteiger partial charge in [-0.25, -0.2) is 10.1 Å². The molecule has 0 amide bonds. The van der Waals surface area contributed by atoms with Gasteiger partial charge < -0.3 is 4.74 Å². The molecule has 2 heterocycles. The van der Waals surface area contributed by atoms with E-state index >= 15 is 0 Å². The number of hydrogen-bond acceptors (Lipinski definition) is 4. The molecule has 0 bridgehead atoms. The molecule has 4 rings (SSSR count). The number of nitrogens with one attached hydrogen (secondary N) is 1. The summed E-state index contributed by atoms with van der Waals surface area (Å²) >= 11 is 0. The lowest BCUT2D eigenvalue weighted by Gasteiger charge is -2.13. The standard InChI is InChI=1S/C19H16N4O2/c1-13-7-8-15(16(11-13)25-12-14-5-3-2-4-6-14)17-21-22-19(24)18-20-9-10-23(17)18/h2-11H,12H2,1H3,(H,22,24). The molecule has 0 saturated heterocycles. The zero-order chi connectivity index (χ0) is 17.2. The number of H-pyrrole nitrogens is 1. The highest BCUT2D eigenvalue weighted by Crippen LogP contribution is 2.30. The summed E-state index contributed by atoms with van der Waals surface area (Å²) in [7, 11) is 0. The van der Waals surface area contributed by atoms with Gasteiger partial charge in [0.1, 0.15) is 12.4 Å². The van der Waals surface area contributed by atoms with Crippen LogP contribution in [0, 0.1) is 6.92 Å². The lowest BCUT2D eigenvalue weighted by atomic mass is 10.1. The van der Waals surface area contributed by atoms with Crippen LogP contribution in [0.3, 0.4) is 0 Å². The van der Waals surface area contributed by atoms with E-state index in [-0.39, 0.29) is 5.56 Å². The van der Waals surface area contributed by atoms with Crippen molar-refractivity contribution in [2.75, 3.05) is 0 Å². The minimum Gasteiger partial charge on any atom is -0.488 e. The van der Waals surface area contributed by atoms with Crippen molar-refractivity contribution >= 4 is 5.65 Å². The monoisotopic (exact) mass is 332 g/mol. The molecule has 25 heavy (non-hydrogen) atoms. The first kappa shape index (κ1) is 15.1. The fourth-order valence-electron chi connectivity index (χ4n) is 2.71. The van der Waals surface area contributed by atoms with Gasteiger partial charge in [-0.1, -0.05) is 36.4 Å². The van der Waals surface area contributed by atoms with Crippen LogP contribution in [0.15, 0.2) is 65.7 Å². The van der Waals surface area contributed by atoms with E-state index < -0.39 is 0 Å². The number of aryl methyl sites for hydroxylation is 1. The van der Waals surface area contributed by atoms with E-state index in [9.17, 15) is 4.79 Å². The number of ether oxygens (including phenoxy) is 1. The number of benzene rings is 2. The Hall–Kier alpha value is -3.41. The predicted molar refractivity (Wildman–Crippen MR) is 94.6 cm³/mol. The maximum absolute atomic E-state index is 11.8. The molecule has 6 nitrogen and oxygen atoms in total. The molecular formula is C19H16N4O2. The Morgan fingerprint density at radius 2 is 2.00 bits per heavy atom.